The van der Waals surface area contributed by atoms with Crippen LogP contribution in [0.5, 0.6) is 5.75 Å². The number of hydrogen-bond acceptors (Lipinski definition) is 6. The quantitative estimate of drug-likeness (QED) is 0.645. The van der Waals surface area contributed by atoms with Crippen molar-refractivity contribution in [2.75, 3.05) is 20.8 Å². The molecule has 0 bridgehead atoms. The van der Waals surface area contributed by atoms with E-state index in [9.17, 15) is 14.4 Å². The van der Waals surface area contributed by atoms with Gasteiger partial charge in [0.1, 0.15) is 5.75 Å². The lowest BCUT2D eigenvalue weighted by Gasteiger charge is -2.11. The van der Waals surface area contributed by atoms with Crippen LogP contribution < -0.4 is 15.4 Å². The Kier molecular flexibility index (Phi) is 6.03. The van der Waals surface area contributed by atoms with E-state index in [1.807, 2.05) is 35.6 Å². The Morgan fingerprint density at radius 2 is 1.79 bits per heavy atom. The molecule has 0 spiro atoms. The van der Waals surface area contributed by atoms with E-state index in [4.69, 9.17) is 9.47 Å². The third kappa shape index (κ3) is 4.67. The zero-order valence-corrected chi connectivity index (χ0v) is 15.9. The fourth-order valence-electron chi connectivity index (χ4n) is 2.69. The normalized spacial score (nSPS) is 10.3. The maximum absolute atomic E-state index is 12.7. The van der Waals surface area contributed by atoms with Gasteiger partial charge in [0.15, 0.2) is 6.61 Å². The zero-order valence-electron chi connectivity index (χ0n) is 15.9. The van der Waals surface area contributed by atoms with E-state index < -0.39 is 24.5 Å². The molecule has 3 aromatic rings. The number of carbonyl (C=O) groups excluding carboxylic acids is 3. The van der Waals surface area contributed by atoms with E-state index in [2.05, 4.69) is 10.3 Å². The second-order valence-electron chi connectivity index (χ2n) is 6.01. The number of methoxy groups -OCH3 is 1. The van der Waals surface area contributed by atoms with Crippen LogP contribution in [0.3, 0.4) is 0 Å². The molecule has 0 saturated heterocycles. The summed E-state index contributed by atoms with van der Waals surface area (Å²) in [4.78, 5) is 40.2. The van der Waals surface area contributed by atoms with Crippen LogP contribution in [-0.4, -0.2) is 43.7 Å². The van der Waals surface area contributed by atoms with Crippen molar-refractivity contribution in [3.63, 3.8) is 0 Å². The fourth-order valence-corrected chi connectivity index (χ4v) is 2.69. The number of rotatable bonds is 5. The average molecular weight is 393 g/mol. The van der Waals surface area contributed by atoms with Crippen molar-refractivity contribution in [1.82, 2.24) is 15.6 Å². The van der Waals surface area contributed by atoms with Crippen LogP contribution in [-0.2, 0) is 9.53 Å². The molecule has 3 rings (SSSR count). The molecule has 0 fully saturated rings. The van der Waals surface area contributed by atoms with E-state index in [0.717, 1.165) is 5.56 Å². The topological polar surface area (TPSA) is 107 Å². The number of fused-ring (bicyclic) bond motifs is 1. The summed E-state index contributed by atoms with van der Waals surface area (Å²) in [6.45, 7) is -0.597. The minimum Gasteiger partial charge on any atom is -0.497 e. The molecule has 8 nitrogen and oxygen atoms in total. The van der Waals surface area contributed by atoms with Crippen molar-refractivity contribution in [3.8, 4) is 17.0 Å². The van der Waals surface area contributed by atoms with Crippen molar-refractivity contribution in [3.05, 3.63) is 60.2 Å². The lowest BCUT2D eigenvalue weighted by atomic mass is 10.0. The van der Waals surface area contributed by atoms with Crippen LogP contribution in [0.1, 0.15) is 10.4 Å². The summed E-state index contributed by atoms with van der Waals surface area (Å²) in [5, 5.41) is 4.80. The summed E-state index contributed by atoms with van der Waals surface area (Å²) in [7, 11) is 2.89. The lowest BCUT2D eigenvalue weighted by Crippen LogP contribution is -2.39. The minimum absolute atomic E-state index is 0.237. The van der Waals surface area contributed by atoms with Gasteiger partial charge in [-0.15, -0.1) is 0 Å². The zero-order chi connectivity index (χ0) is 20.8. The highest BCUT2D eigenvalue weighted by Gasteiger charge is 2.18. The first-order chi connectivity index (χ1) is 14.0. The molecule has 1 heterocycles. The molecule has 8 heteroatoms. The van der Waals surface area contributed by atoms with Gasteiger partial charge in [-0.05, 0) is 24.3 Å². The number of benzene rings is 2. The molecule has 0 unspecified atom stereocenters. The standard InChI is InChI=1S/C21H19N3O5/c1-22-21(27)24-19(25)12-29-20(26)16-11-18(13-6-4-3-5-7-13)23-17-9-8-14(28-2)10-15(16)17/h3-11H,12H2,1-2H3,(H2,22,24,25,27). The van der Waals surface area contributed by atoms with Gasteiger partial charge in [0.25, 0.3) is 5.91 Å². The average Bonchev–Trinajstić information content (AvgIpc) is 2.76. The molecule has 0 radical (unpaired) electrons. The fraction of sp³-hybridized carbons (Fsp3) is 0.143. The van der Waals surface area contributed by atoms with E-state index >= 15 is 0 Å². The predicted molar refractivity (Wildman–Crippen MR) is 107 cm³/mol. The molecule has 0 atom stereocenters. The number of aromatic nitrogens is 1. The number of hydrogen-bond donors (Lipinski definition) is 2. The predicted octanol–water partition coefficient (Wildman–Crippen LogP) is 2.52. The Balaban J connectivity index is 1.96. The molecule has 3 amide bonds. The molecular weight excluding hydrogens is 374 g/mol. The Labute approximate surface area is 166 Å². The number of amides is 3. The largest absolute Gasteiger partial charge is 0.497 e. The van der Waals surface area contributed by atoms with Crippen LogP contribution in [0.25, 0.3) is 22.2 Å². The highest BCUT2D eigenvalue weighted by atomic mass is 16.5. The molecule has 0 aliphatic carbocycles. The molecular formula is C21H19N3O5. The van der Waals surface area contributed by atoms with Gasteiger partial charge in [0.2, 0.25) is 0 Å². The molecule has 29 heavy (non-hydrogen) atoms. The third-order valence-corrected chi connectivity index (χ3v) is 4.12. The summed E-state index contributed by atoms with van der Waals surface area (Å²) in [6, 6.07) is 15.5. The maximum Gasteiger partial charge on any atom is 0.339 e. The monoisotopic (exact) mass is 393 g/mol. The molecule has 0 aliphatic rings. The molecule has 0 aliphatic heterocycles. The first kappa shape index (κ1) is 19.8. The Morgan fingerprint density at radius 3 is 2.48 bits per heavy atom. The van der Waals surface area contributed by atoms with Gasteiger partial charge in [0.05, 0.1) is 23.9 Å². The smallest absolute Gasteiger partial charge is 0.339 e. The molecule has 0 saturated carbocycles. The van der Waals surface area contributed by atoms with E-state index in [-0.39, 0.29) is 5.56 Å². The number of esters is 1. The summed E-state index contributed by atoms with van der Waals surface area (Å²) in [5.41, 5.74) is 2.23. The van der Waals surface area contributed by atoms with Crippen LogP contribution in [0.4, 0.5) is 4.79 Å². The molecule has 1 aromatic heterocycles. The number of urea groups is 1. The van der Waals surface area contributed by atoms with Gasteiger partial charge in [-0.1, -0.05) is 30.3 Å². The number of nitrogens with zero attached hydrogens (tertiary/aromatic N) is 1. The van der Waals surface area contributed by atoms with Gasteiger partial charge in [-0.3, -0.25) is 10.1 Å². The summed E-state index contributed by atoms with van der Waals surface area (Å²) < 4.78 is 10.3. The van der Waals surface area contributed by atoms with Gasteiger partial charge >= 0.3 is 12.0 Å². The number of ether oxygens (including phenoxy) is 2. The van der Waals surface area contributed by atoms with E-state index in [1.54, 1.807) is 24.3 Å². The highest BCUT2D eigenvalue weighted by Crippen LogP contribution is 2.28. The Morgan fingerprint density at radius 1 is 1.03 bits per heavy atom. The van der Waals surface area contributed by atoms with Gasteiger partial charge in [-0.2, -0.15) is 0 Å². The molecule has 2 N–H and O–H groups in total. The van der Waals surface area contributed by atoms with Crippen molar-refractivity contribution in [2.24, 2.45) is 0 Å². The summed E-state index contributed by atoms with van der Waals surface area (Å²) in [6.07, 6.45) is 0. The minimum atomic E-state index is -0.739. The second-order valence-corrected chi connectivity index (χ2v) is 6.01. The highest BCUT2D eigenvalue weighted by molar-refractivity contribution is 6.06. The summed E-state index contributed by atoms with van der Waals surface area (Å²) in [5.74, 6) is -0.898. The van der Waals surface area contributed by atoms with Crippen molar-refractivity contribution in [1.29, 1.82) is 0 Å². The van der Waals surface area contributed by atoms with Crippen molar-refractivity contribution in [2.45, 2.75) is 0 Å². The number of imide groups is 1. The van der Waals surface area contributed by atoms with Crippen LogP contribution in [0.15, 0.2) is 54.6 Å². The Hall–Kier alpha value is -3.94. The van der Waals surface area contributed by atoms with Crippen molar-refractivity contribution >= 4 is 28.8 Å². The van der Waals surface area contributed by atoms with Crippen LogP contribution >= 0.6 is 0 Å². The van der Waals surface area contributed by atoms with Crippen molar-refractivity contribution < 1.29 is 23.9 Å². The first-order valence-electron chi connectivity index (χ1n) is 8.74. The lowest BCUT2D eigenvalue weighted by molar-refractivity contribution is -0.123. The number of carbonyl (C=O) groups is 3. The Bertz CT molecular complexity index is 1070. The summed E-state index contributed by atoms with van der Waals surface area (Å²) >= 11 is 0. The van der Waals surface area contributed by atoms with Crippen LogP contribution in [0, 0.1) is 0 Å². The molecule has 148 valence electrons. The maximum atomic E-state index is 12.7. The number of nitrogens with one attached hydrogen (secondary N) is 2. The first-order valence-corrected chi connectivity index (χ1v) is 8.74. The second kappa shape index (κ2) is 8.83. The van der Waals surface area contributed by atoms with Gasteiger partial charge in [-0.25, -0.2) is 14.6 Å². The molecule has 2 aromatic carbocycles. The third-order valence-electron chi connectivity index (χ3n) is 4.12. The SMILES string of the molecule is CNC(=O)NC(=O)COC(=O)c1cc(-c2ccccc2)nc2ccc(OC)cc12. The van der Waals surface area contributed by atoms with Crippen LogP contribution in [0.2, 0.25) is 0 Å². The van der Waals surface area contributed by atoms with Gasteiger partial charge < -0.3 is 14.8 Å². The van der Waals surface area contributed by atoms with E-state index in [1.165, 1.54) is 14.2 Å². The van der Waals surface area contributed by atoms with Gasteiger partial charge in [0, 0.05) is 18.0 Å². The number of pyridine rings is 1. The van der Waals surface area contributed by atoms with E-state index in [0.29, 0.717) is 22.3 Å².